The van der Waals surface area contributed by atoms with Gasteiger partial charge in [-0.2, -0.15) is 5.26 Å². The van der Waals surface area contributed by atoms with Gasteiger partial charge in [-0.05, 0) is 194 Å². The van der Waals surface area contributed by atoms with Gasteiger partial charge in [-0.25, -0.2) is 4.39 Å². The van der Waals surface area contributed by atoms with Crippen LogP contribution in [0.5, 0.6) is 0 Å². The molecule has 11 aromatic carbocycles. The number of furan rings is 1. The van der Waals surface area contributed by atoms with Crippen LogP contribution in [-0.4, -0.2) is 15.0 Å². The Balaban J connectivity index is 0.000000202. The van der Waals surface area contributed by atoms with Gasteiger partial charge < -0.3 is 4.42 Å². The first-order chi connectivity index (χ1) is 48.5. The summed E-state index contributed by atoms with van der Waals surface area (Å²) in [6.07, 6.45) is 8.97. The number of para-hydroxylation sites is 1. The summed E-state index contributed by atoms with van der Waals surface area (Å²) in [7, 11) is 0. The second kappa shape index (κ2) is 43.4. The van der Waals surface area contributed by atoms with Crippen LogP contribution in [0.25, 0.3) is 43.5 Å². The molecule has 15 rings (SSSR count). The van der Waals surface area contributed by atoms with E-state index in [9.17, 15) is 4.39 Å². The summed E-state index contributed by atoms with van der Waals surface area (Å²) in [6.45, 7) is 24.1. The summed E-state index contributed by atoms with van der Waals surface area (Å²) in [6, 6.07) is 91.5. The molecule has 5 nitrogen and oxygen atoms in total. The minimum Gasteiger partial charge on any atom is -0.456 e. The maximum atomic E-state index is 12.1. The summed E-state index contributed by atoms with van der Waals surface area (Å²) in [5.74, 6) is -0.171. The summed E-state index contributed by atoms with van der Waals surface area (Å²) >= 11 is 0. The largest absolute Gasteiger partial charge is 0.456 e. The van der Waals surface area contributed by atoms with Crippen LogP contribution in [0.3, 0.4) is 0 Å². The molecular formula is C90H91FN4O. The predicted octanol–water partition coefficient (Wildman–Crippen LogP) is 24.7. The van der Waals surface area contributed by atoms with E-state index in [2.05, 4.69) is 208 Å². The number of aromatic nitrogens is 3. The average Bonchev–Trinajstić information content (AvgIpc) is 1.74. The van der Waals surface area contributed by atoms with Crippen LogP contribution >= 0.6 is 0 Å². The molecule has 0 spiro atoms. The van der Waals surface area contributed by atoms with Crippen molar-refractivity contribution in [2.24, 2.45) is 0 Å². The molecule has 0 fully saturated rings. The fourth-order valence-electron chi connectivity index (χ4n) is 8.50. The molecule has 0 N–H and O–H groups in total. The number of nitriles is 1. The lowest BCUT2D eigenvalue weighted by molar-refractivity contribution is 0.627. The molecule has 0 atom stereocenters. The fourth-order valence-corrected chi connectivity index (χ4v) is 8.50. The van der Waals surface area contributed by atoms with E-state index in [1.54, 1.807) is 36.9 Å². The summed E-state index contributed by atoms with van der Waals surface area (Å²) < 4.78 is 54.1. The Bertz CT molecular complexity index is 4550. The molecule has 0 saturated carbocycles. The van der Waals surface area contributed by atoms with E-state index < -0.39 is 0 Å². The van der Waals surface area contributed by atoms with Crippen molar-refractivity contribution < 1.29 is 15.7 Å². The summed E-state index contributed by atoms with van der Waals surface area (Å²) in [5, 5.41) is 16.1. The monoisotopic (exact) mass is 1270 g/mol. The van der Waals surface area contributed by atoms with Crippen LogP contribution in [0.15, 0.2) is 339 Å². The van der Waals surface area contributed by atoms with Crippen LogP contribution in [-0.2, 0) is 0 Å². The SMILES string of the molecule is Cc1ccc(C#N)cc1.Cc1ccc(C)cc1.Cc1ccc(F)cc1.Cc1ccc2c(c1)oc1ccccc12.Cc1ccc2ccccc2c1.Cc1cccc2ccccc12.Cc1ccccc1.Cc1ccccn1.Cc1cccnc1.Cc1ccncc1.[2H]c1c([2H])c([2H])c(C)c([2H])c1[2H]. The first kappa shape index (κ1) is 67.5. The third-order valence-electron chi connectivity index (χ3n) is 13.9. The van der Waals surface area contributed by atoms with Gasteiger partial charge in [-0.3, -0.25) is 15.0 Å². The standard InChI is InChI=1S/C13H10O.2C11H10.C8H7N.C8H10.C7H7F.2C7H8.3C6H7N/c1-9-6-7-11-10-4-2-3-5-12(10)14-13(11)8-9;1-9-5-4-7-10-6-2-3-8-11(9)10;1-9-6-7-10-4-2-3-5-11(10)8-9;1-7-2-4-8(6-9)5-3-7;1-7-3-5-8(2)6-4-7;1-6-2-4-7(8)5-3-6;2*1-7-5-3-2-4-6-7;1-6-2-4-7-5-3-6;1-6-3-2-4-7-5-6;1-6-4-2-3-5-7-6/h2-8H,1H3;2*2-8H,1H3;2-5H,1H3;3-6H,1-2H3;2-5H,1H3;2*2-6H,1H3;3*2-5H,1H3/i;;;;;;2D,3D,4D,5D,6D;;;;. The Morgan fingerprint density at radius 3 is 1.31 bits per heavy atom. The molecule has 0 radical (unpaired) electrons. The number of rotatable bonds is 0. The van der Waals surface area contributed by atoms with Crippen molar-refractivity contribution in [1.82, 2.24) is 15.0 Å². The molecule has 0 amide bonds. The number of hydrogen-bond acceptors (Lipinski definition) is 5. The first-order valence-electron chi connectivity index (χ1n) is 34.2. The number of nitrogens with zero attached hydrogens (tertiary/aromatic N) is 4. The molecule has 15 aromatic rings. The van der Waals surface area contributed by atoms with E-state index in [4.69, 9.17) is 16.5 Å². The molecule has 6 heteroatoms. The van der Waals surface area contributed by atoms with E-state index in [0.29, 0.717) is 5.56 Å². The zero-order chi connectivity index (χ0) is 73.5. The lowest BCUT2D eigenvalue weighted by atomic mass is 10.1. The van der Waals surface area contributed by atoms with E-state index in [1.807, 2.05) is 144 Å². The Morgan fingerprint density at radius 2 is 0.812 bits per heavy atom. The Morgan fingerprint density at radius 1 is 0.333 bits per heavy atom. The lowest BCUT2D eigenvalue weighted by Gasteiger charge is -1.98. The van der Waals surface area contributed by atoms with Crippen molar-refractivity contribution in [3.05, 3.63) is 412 Å². The van der Waals surface area contributed by atoms with Gasteiger partial charge in [0, 0.05) is 47.5 Å². The molecule has 0 saturated heterocycles. The topological polar surface area (TPSA) is 75.6 Å². The molecule has 0 bridgehead atoms. The van der Waals surface area contributed by atoms with Crippen molar-refractivity contribution in [3.8, 4) is 6.07 Å². The second-order valence-corrected chi connectivity index (χ2v) is 22.6. The Kier molecular flexibility index (Phi) is 30.5. The highest BCUT2D eigenvalue weighted by Crippen LogP contribution is 2.29. The number of fused-ring (bicyclic) bond motifs is 5. The maximum Gasteiger partial charge on any atom is 0.135 e. The van der Waals surface area contributed by atoms with Crippen molar-refractivity contribution in [1.29, 1.82) is 5.26 Å². The third-order valence-corrected chi connectivity index (χ3v) is 13.9. The van der Waals surface area contributed by atoms with Gasteiger partial charge in [0.2, 0.25) is 0 Å². The summed E-state index contributed by atoms with van der Waals surface area (Å²) in [4.78, 5) is 11.7. The molecule has 0 aliphatic heterocycles. The first-order valence-corrected chi connectivity index (χ1v) is 31.7. The van der Waals surface area contributed by atoms with Crippen molar-refractivity contribution >= 4 is 43.5 Å². The van der Waals surface area contributed by atoms with E-state index in [1.165, 1.54) is 101 Å². The van der Waals surface area contributed by atoms with E-state index in [0.717, 1.165) is 28.0 Å². The number of pyridine rings is 3. The van der Waals surface area contributed by atoms with Gasteiger partial charge >= 0.3 is 0 Å². The maximum absolute atomic E-state index is 12.1. The van der Waals surface area contributed by atoms with E-state index in [-0.39, 0.29) is 36.0 Å². The highest BCUT2D eigenvalue weighted by molar-refractivity contribution is 6.04. The summed E-state index contributed by atoms with van der Waals surface area (Å²) in [5.41, 5.74) is 16.7. The van der Waals surface area contributed by atoms with Crippen LogP contribution in [0.1, 0.15) is 79.3 Å². The van der Waals surface area contributed by atoms with Gasteiger partial charge in [0.15, 0.2) is 0 Å². The smallest absolute Gasteiger partial charge is 0.135 e. The zero-order valence-electron chi connectivity index (χ0n) is 62.4. The molecule has 0 aliphatic carbocycles. The highest BCUT2D eigenvalue weighted by Gasteiger charge is 2.05. The quantitative estimate of drug-likeness (QED) is 0.151. The van der Waals surface area contributed by atoms with Crippen LogP contribution < -0.4 is 0 Å². The average molecular weight is 1270 g/mol. The van der Waals surface area contributed by atoms with E-state index >= 15 is 0 Å². The fraction of sp³-hybridized carbons (Fsp3) is 0.133. The van der Waals surface area contributed by atoms with Gasteiger partial charge in [-0.15, -0.1) is 0 Å². The van der Waals surface area contributed by atoms with Crippen LogP contribution in [0.4, 0.5) is 4.39 Å². The zero-order valence-corrected chi connectivity index (χ0v) is 57.4. The third kappa shape index (κ3) is 30.8. The van der Waals surface area contributed by atoms with Gasteiger partial charge in [0.25, 0.3) is 0 Å². The van der Waals surface area contributed by atoms with Crippen LogP contribution in [0, 0.1) is 100 Å². The second-order valence-electron chi connectivity index (χ2n) is 22.6. The molecule has 0 unspecified atom stereocenters. The normalized spacial score (nSPS) is 10.2. The number of hydrogen-bond donors (Lipinski definition) is 0. The Labute approximate surface area is 578 Å². The molecule has 4 heterocycles. The lowest BCUT2D eigenvalue weighted by Crippen LogP contribution is -1.75. The number of aryl methyl sites for hydroxylation is 11. The number of benzene rings is 11. The van der Waals surface area contributed by atoms with Crippen LogP contribution in [0.2, 0.25) is 0 Å². The highest BCUT2D eigenvalue weighted by atomic mass is 19.1. The number of halogens is 1. The van der Waals surface area contributed by atoms with Gasteiger partial charge in [0.1, 0.15) is 17.0 Å². The molecule has 4 aromatic heterocycles. The van der Waals surface area contributed by atoms with Crippen molar-refractivity contribution in [2.75, 3.05) is 0 Å². The molecule has 0 aliphatic rings. The molecule has 484 valence electrons. The van der Waals surface area contributed by atoms with Gasteiger partial charge in [0.05, 0.1) is 18.5 Å². The minimum atomic E-state index is -0.337. The molecule has 96 heavy (non-hydrogen) atoms. The predicted molar refractivity (Wildman–Crippen MR) is 408 cm³/mol. The Hall–Kier alpha value is -11.4. The minimum absolute atomic E-state index is 0.124. The van der Waals surface area contributed by atoms with Crippen molar-refractivity contribution in [2.45, 2.75) is 83.1 Å². The molecular weight excluding hydrogens is 1170 g/mol. The van der Waals surface area contributed by atoms with Gasteiger partial charge in [-0.1, -0.05) is 275 Å². The van der Waals surface area contributed by atoms with Crippen molar-refractivity contribution in [3.63, 3.8) is 0 Å².